The summed E-state index contributed by atoms with van der Waals surface area (Å²) in [5.74, 6) is 0.534. The molecule has 0 radical (unpaired) electrons. The fourth-order valence-electron chi connectivity index (χ4n) is 2.15. The minimum absolute atomic E-state index is 0.213. The van der Waals surface area contributed by atoms with Crippen LogP contribution in [0.3, 0.4) is 0 Å². The van der Waals surface area contributed by atoms with Crippen LogP contribution in [-0.4, -0.2) is 32.6 Å². The number of allylic oxidation sites excluding steroid dienone is 1. The van der Waals surface area contributed by atoms with E-state index in [1.54, 1.807) is 17.0 Å². The highest BCUT2D eigenvalue weighted by molar-refractivity contribution is 5.79. The monoisotopic (exact) mass is 260 g/mol. The summed E-state index contributed by atoms with van der Waals surface area (Å²) >= 11 is 0. The number of aromatic nitrogens is 4. The topological polar surface area (TPSA) is 62.1 Å². The highest BCUT2D eigenvalue weighted by atomic mass is 16.7. The second-order valence-corrected chi connectivity index (χ2v) is 4.45. The Bertz CT molecular complexity index is 575. The minimum atomic E-state index is -0.213. The molecular formula is C13H16N4O2. The smallest absolute Gasteiger partial charge is 0.230 e. The number of rotatable bonds is 4. The first-order valence-electron chi connectivity index (χ1n) is 6.44. The van der Waals surface area contributed by atoms with E-state index >= 15 is 0 Å². The molecule has 0 aliphatic carbocycles. The van der Waals surface area contributed by atoms with Gasteiger partial charge in [0.2, 0.25) is 12.2 Å². The maximum Gasteiger partial charge on any atom is 0.230 e. The summed E-state index contributed by atoms with van der Waals surface area (Å²) in [6.45, 7) is 5.06. The summed E-state index contributed by atoms with van der Waals surface area (Å²) < 4.78 is 13.1. The fraction of sp³-hybridized carbons (Fsp3) is 0.462. The molecule has 1 fully saturated rings. The molecule has 0 amide bonds. The Kier molecular flexibility index (Phi) is 3.41. The third kappa shape index (κ3) is 2.44. The lowest BCUT2D eigenvalue weighted by Crippen LogP contribution is -2.25. The van der Waals surface area contributed by atoms with E-state index < -0.39 is 0 Å². The molecule has 100 valence electrons. The highest BCUT2D eigenvalue weighted by Crippen LogP contribution is 2.24. The minimum Gasteiger partial charge on any atom is -0.447 e. The largest absolute Gasteiger partial charge is 0.447 e. The van der Waals surface area contributed by atoms with Crippen molar-refractivity contribution in [3.05, 3.63) is 25.2 Å². The van der Waals surface area contributed by atoms with Gasteiger partial charge in [0.05, 0.1) is 19.3 Å². The van der Waals surface area contributed by atoms with Crippen LogP contribution in [0.2, 0.25) is 0 Å². The van der Waals surface area contributed by atoms with E-state index in [0.29, 0.717) is 12.4 Å². The predicted octanol–water partition coefficient (Wildman–Crippen LogP) is 1.92. The molecule has 1 aliphatic heterocycles. The van der Waals surface area contributed by atoms with Crippen LogP contribution in [0.5, 0.6) is 5.88 Å². The molecule has 2 aromatic rings. The summed E-state index contributed by atoms with van der Waals surface area (Å²) in [6, 6.07) is 0. The zero-order valence-corrected chi connectivity index (χ0v) is 10.7. The second-order valence-electron chi connectivity index (χ2n) is 4.45. The zero-order valence-electron chi connectivity index (χ0n) is 10.7. The molecule has 0 saturated carbocycles. The van der Waals surface area contributed by atoms with Gasteiger partial charge in [-0.25, -0.2) is 14.6 Å². The summed E-state index contributed by atoms with van der Waals surface area (Å²) in [4.78, 5) is 8.42. The van der Waals surface area contributed by atoms with Gasteiger partial charge in [0.1, 0.15) is 11.7 Å². The van der Waals surface area contributed by atoms with Crippen LogP contribution in [0.15, 0.2) is 25.2 Å². The quantitative estimate of drug-likeness (QED) is 0.786. The summed E-state index contributed by atoms with van der Waals surface area (Å²) in [6.07, 6.45) is 7.88. The van der Waals surface area contributed by atoms with Gasteiger partial charge in [0.25, 0.3) is 0 Å². The van der Waals surface area contributed by atoms with Gasteiger partial charge in [-0.1, -0.05) is 6.08 Å². The van der Waals surface area contributed by atoms with Crippen molar-refractivity contribution < 1.29 is 9.47 Å². The summed E-state index contributed by atoms with van der Waals surface area (Å²) in [7, 11) is 0. The molecule has 19 heavy (non-hydrogen) atoms. The van der Waals surface area contributed by atoms with Crippen LogP contribution in [0.1, 0.15) is 19.3 Å². The van der Waals surface area contributed by atoms with Gasteiger partial charge in [-0.3, -0.25) is 0 Å². The number of nitrogens with zero attached hydrogens (tertiary/aromatic N) is 4. The Morgan fingerprint density at radius 2 is 2.42 bits per heavy atom. The average Bonchev–Trinajstić information content (AvgIpc) is 2.85. The van der Waals surface area contributed by atoms with Gasteiger partial charge in [-0.2, -0.15) is 5.10 Å². The van der Waals surface area contributed by atoms with Crippen LogP contribution in [0.25, 0.3) is 11.0 Å². The molecular weight excluding hydrogens is 244 g/mol. The standard InChI is InChI=1S/C13H16N4O2/c1-2-6-17-12-10(8-16-17)13(15-9-14-12)19-11-5-3-4-7-18-11/h2,8-9,11H,1,3-7H2. The maximum absolute atomic E-state index is 5.81. The Morgan fingerprint density at radius 1 is 1.47 bits per heavy atom. The van der Waals surface area contributed by atoms with E-state index in [9.17, 15) is 0 Å². The first kappa shape index (κ1) is 12.1. The fourth-order valence-corrected chi connectivity index (χ4v) is 2.15. The van der Waals surface area contributed by atoms with Crippen molar-refractivity contribution in [3.63, 3.8) is 0 Å². The number of hydrogen-bond donors (Lipinski definition) is 0. The Morgan fingerprint density at radius 3 is 3.21 bits per heavy atom. The van der Waals surface area contributed by atoms with Crippen molar-refractivity contribution >= 4 is 11.0 Å². The zero-order chi connectivity index (χ0) is 13.1. The van der Waals surface area contributed by atoms with Crippen LogP contribution in [0, 0.1) is 0 Å². The third-order valence-corrected chi connectivity index (χ3v) is 3.08. The Balaban J connectivity index is 1.88. The molecule has 1 unspecified atom stereocenters. The molecule has 3 heterocycles. The number of hydrogen-bond acceptors (Lipinski definition) is 5. The molecule has 3 rings (SSSR count). The van der Waals surface area contributed by atoms with Gasteiger partial charge in [0, 0.05) is 6.42 Å². The Labute approximate surface area is 111 Å². The van der Waals surface area contributed by atoms with Crippen LogP contribution >= 0.6 is 0 Å². The van der Waals surface area contributed by atoms with Gasteiger partial charge >= 0.3 is 0 Å². The van der Waals surface area contributed by atoms with Gasteiger partial charge in [0.15, 0.2) is 5.65 Å². The molecule has 0 N–H and O–H groups in total. The number of ether oxygens (including phenoxy) is 2. The predicted molar refractivity (Wildman–Crippen MR) is 69.7 cm³/mol. The van der Waals surface area contributed by atoms with Crippen molar-refractivity contribution in [2.24, 2.45) is 0 Å². The lowest BCUT2D eigenvalue weighted by atomic mass is 10.2. The first-order valence-corrected chi connectivity index (χ1v) is 6.44. The molecule has 6 nitrogen and oxygen atoms in total. The van der Waals surface area contributed by atoms with E-state index in [1.807, 2.05) is 0 Å². The molecule has 1 aliphatic rings. The van der Waals surface area contributed by atoms with Crippen molar-refractivity contribution in [1.82, 2.24) is 19.7 Å². The maximum atomic E-state index is 5.81. The van der Waals surface area contributed by atoms with Gasteiger partial charge in [-0.15, -0.1) is 6.58 Å². The lowest BCUT2D eigenvalue weighted by Gasteiger charge is -2.22. The van der Waals surface area contributed by atoms with Crippen molar-refractivity contribution in [3.8, 4) is 5.88 Å². The summed E-state index contributed by atoms with van der Waals surface area (Å²) in [5, 5.41) is 5.07. The highest BCUT2D eigenvalue weighted by Gasteiger charge is 2.18. The van der Waals surface area contributed by atoms with Crippen LogP contribution in [0.4, 0.5) is 0 Å². The van der Waals surface area contributed by atoms with E-state index in [0.717, 1.165) is 36.9 Å². The first-order chi connectivity index (χ1) is 9.38. The molecule has 0 bridgehead atoms. The Hall–Kier alpha value is -1.95. The van der Waals surface area contributed by atoms with Crippen molar-refractivity contribution in [2.45, 2.75) is 32.1 Å². The normalized spacial score (nSPS) is 19.5. The molecule has 1 saturated heterocycles. The molecule has 0 aromatic carbocycles. The lowest BCUT2D eigenvalue weighted by molar-refractivity contribution is -0.107. The van der Waals surface area contributed by atoms with Crippen LogP contribution in [-0.2, 0) is 11.3 Å². The second kappa shape index (κ2) is 5.36. The molecule has 6 heteroatoms. The van der Waals surface area contributed by atoms with E-state index in [2.05, 4.69) is 21.6 Å². The van der Waals surface area contributed by atoms with Crippen molar-refractivity contribution in [1.29, 1.82) is 0 Å². The molecule has 0 spiro atoms. The SMILES string of the molecule is C=CCn1ncc2c(OC3CCCCO3)ncnc21. The third-order valence-electron chi connectivity index (χ3n) is 3.08. The number of fused-ring (bicyclic) bond motifs is 1. The average molecular weight is 260 g/mol. The van der Waals surface area contributed by atoms with Crippen molar-refractivity contribution in [2.75, 3.05) is 6.61 Å². The van der Waals surface area contributed by atoms with Gasteiger partial charge < -0.3 is 9.47 Å². The van der Waals surface area contributed by atoms with Crippen LogP contribution < -0.4 is 4.74 Å². The molecule has 1 atom stereocenters. The van der Waals surface area contributed by atoms with Gasteiger partial charge in [-0.05, 0) is 12.8 Å². The van der Waals surface area contributed by atoms with E-state index in [4.69, 9.17) is 9.47 Å². The van der Waals surface area contributed by atoms with E-state index in [1.165, 1.54) is 6.33 Å². The van der Waals surface area contributed by atoms with E-state index in [-0.39, 0.29) is 6.29 Å². The molecule has 2 aromatic heterocycles. The summed E-state index contributed by atoms with van der Waals surface area (Å²) in [5.41, 5.74) is 0.751.